The van der Waals surface area contributed by atoms with Crippen molar-refractivity contribution in [3.63, 3.8) is 0 Å². The third-order valence-electron chi connectivity index (χ3n) is 6.27. The predicted octanol–water partition coefficient (Wildman–Crippen LogP) is 2.75. The molecule has 0 saturated carbocycles. The fourth-order valence-electron chi connectivity index (χ4n) is 4.52. The Bertz CT molecular complexity index is 1140. The van der Waals surface area contributed by atoms with Crippen molar-refractivity contribution in [2.75, 3.05) is 26.2 Å². The molecule has 0 aliphatic carbocycles. The van der Waals surface area contributed by atoms with Gasteiger partial charge in [0.1, 0.15) is 11.6 Å². The van der Waals surface area contributed by atoms with Crippen LogP contribution in [0, 0.1) is 13.8 Å². The average Bonchev–Trinajstić information content (AvgIpc) is 3.44. The predicted molar refractivity (Wildman–Crippen MR) is 125 cm³/mol. The van der Waals surface area contributed by atoms with Crippen LogP contribution >= 0.6 is 0 Å². The van der Waals surface area contributed by atoms with Crippen molar-refractivity contribution < 1.29 is 4.79 Å². The van der Waals surface area contributed by atoms with Gasteiger partial charge in [-0.05, 0) is 71.3 Å². The zero-order valence-corrected chi connectivity index (χ0v) is 19.2. The normalized spacial score (nSPS) is 15.3. The van der Waals surface area contributed by atoms with Gasteiger partial charge in [-0.2, -0.15) is 10.2 Å². The molecule has 1 fully saturated rings. The molecule has 0 spiro atoms. The number of carbonyl (C=O) groups is 1. The van der Waals surface area contributed by atoms with E-state index in [0.717, 1.165) is 37.4 Å². The van der Waals surface area contributed by atoms with Crippen LogP contribution in [0.25, 0.3) is 16.6 Å². The van der Waals surface area contributed by atoms with Crippen LogP contribution in [0.2, 0.25) is 0 Å². The molecule has 4 rings (SSSR count). The number of fused-ring (bicyclic) bond motifs is 1. The number of benzene rings is 1. The van der Waals surface area contributed by atoms with Crippen molar-refractivity contribution in [3.05, 3.63) is 52.1 Å². The number of nitrogens with one attached hydrogen (secondary N) is 1. The van der Waals surface area contributed by atoms with Gasteiger partial charge in [-0.3, -0.25) is 9.59 Å². The second-order valence-corrected chi connectivity index (χ2v) is 8.51. The Hall–Kier alpha value is -3.00. The molecule has 1 aliphatic heterocycles. The minimum Gasteiger partial charge on any atom is -0.354 e. The van der Waals surface area contributed by atoms with Crippen molar-refractivity contribution in [1.29, 1.82) is 0 Å². The minimum atomic E-state index is -0.642. The molecule has 8 heteroatoms. The molecule has 1 amide bonds. The van der Waals surface area contributed by atoms with Gasteiger partial charge in [0, 0.05) is 6.54 Å². The highest BCUT2D eigenvalue weighted by atomic mass is 16.2. The highest BCUT2D eigenvalue weighted by Gasteiger charge is 2.25. The summed E-state index contributed by atoms with van der Waals surface area (Å²) in [5.74, 6) is -0.157. The Balaban J connectivity index is 1.58. The van der Waals surface area contributed by atoms with E-state index < -0.39 is 6.04 Å². The fourth-order valence-corrected chi connectivity index (χ4v) is 4.52. The standard InChI is InChI=1S/C24H32N6O2/c1-4-20(23(31)25-13-10-16-28-14-8-9-15-28)30-24(32)21-18(3)29(19-11-6-5-7-12-19)27-22(21)17(2)26-30/h5-7,11-12,20H,4,8-10,13-16H2,1-3H3,(H,25,31). The maximum atomic E-state index is 13.4. The van der Waals surface area contributed by atoms with E-state index in [1.165, 1.54) is 17.5 Å². The molecular weight excluding hydrogens is 404 g/mol. The van der Waals surface area contributed by atoms with E-state index in [4.69, 9.17) is 0 Å². The second-order valence-electron chi connectivity index (χ2n) is 8.51. The molecule has 8 nitrogen and oxygen atoms in total. The number of aryl methyl sites for hydroxylation is 2. The molecule has 3 heterocycles. The maximum Gasteiger partial charge on any atom is 0.278 e. The molecule has 1 aliphatic rings. The Kier molecular flexibility index (Phi) is 6.69. The van der Waals surface area contributed by atoms with Crippen LogP contribution in [-0.4, -0.2) is 56.5 Å². The number of hydrogen-bond donors (Lipinski definition) is 1. The smallest absolute Gasteiger partial charge is 0.278 e. The molecule has 1 atom stereocenters. The second kappa shape index (κ2) is 9.65. The molecule has 1 aromatic carbocycles. The Labute approximate surface area is 188 Å². The van der Waals surface area contributed by atoms with Gasteiger partial charge in [0.15, 0.2) is 0 Å². The zero-order chi connectivity index (χ0) is 22.7. The van der Waals surface area contributed by atoms with Crippen molar-refractivity contribution in [2.24, 2.45) is 0 Å². The van der Waals surface area contributed by atoms with E-state index in [2.05, 4.69) is 20.4 Å². The Morgan fingerprint density at radius 2 is 1.84 bits per heavy atom. The number of aromatic nitrogens is 4. The van der Waals surface area contributed by atoms with Crippen molar-refractivity contribution in [2.45, 2.75) is 52.5 Å². The first-order valence-corrected chi connectivity index (χ1v) is 11.6. The van der Waals surface area contributed by atoms with Gasteiger partial charge < -0.3 is 10.2 Å². The lowest BCUT2D eigenvalue weighted by atomic mass is 10.2. The summed E-state index contributed by atoms with van der Waals surface area (Å²) < 4.78 is 3.11. The summed E-state index contributed by atoms with van der Waals surface area (Å²) in [5.41, 5.74) is 2.57. The zero-order valence-electron chi connectivity index (χ0n) is 19.2. The first-order valence-electron chi connectivity index (χ1n) is 11.6. The molecule has 3 aromatic rings. The summed E-state index contributed by atoms with van der Waals surface area (Å²) in [5, 5.41) is 12.7. The van der Waals surface area contributed by atoms with Crippen LogP contribution in [0.15, 0.2) is 35.1 Å². The number of nitrogens with zero attached hydrogens (tertiary/aromatic N) is 5. The van der Waals surface area contributed by atoms with Gasteiger partial charge in [0.25, 0.3) is 5.56 Å². The summed E-state index contributed by atoms with van der Waals surface area (Å²) in [6.45, 7) is 9.53. The van der Waals surface area contributed by atoms with E-state index in [-0.39, 0.29) is 11.5 Å². The SMILES string of the molecule is CCC(C(=O)NCCCN1CCCC1)n1nc(C)c2nn(-c3ccccc3)c(C)c2c1=O. The van der Waals surface area contributed by atoms with Gasteiger partial charge in [-0.25, -0.2) is 9.36 Å². The molecule has 1 N–H and O–H groups in total. The number of amides is 1. The highest BCUT2D eigenvalue weighted by molar-refractivity contribution is 5.84. The number of para-hydroxylation sites is 1. The van der Waals surface area contributed by atoms with Crippen molar-refractivity contribution in [3.8, 4) is 5.69 Å². The van der Waals surface area contributed by atoms with Gasteiger partial charge in [0.2, 0.25) is 5.91 Å². The fraction of sp³-hybridized carbons (Fsp3) is 0.500. The molecule has 2 aromatic heterocycles. The van der Waals surface area contributed by atoms with Crippen molar-refractivity contribution >= 4 is 16.8 Å². The lowest BCUT2D eigenvalue weighted by Gasteiger charge is -2.18. The molecule has 0 radical (unpaired) electrons. The van der Waals surface area contributed by atoms with Gasteiger partial charge in [0.05, 0.1) is 22.5 Å². The highest BCUT2D eigenvalue weighted by Crippen LogP contribution is 2.21. The first-order chi connectivity index (χ1) is 15.5. The van der Waals surface area contributed by atoms with Crippen LogP contribution < -0.4 is 10.9 Å². The number of rotatable bonds is 8. The Morgan fingerprint density at radius 1 is 1.12 bits per heavy atom. The van der Waals surface area contributed by atoms with E-state index in [1.807, 2.05) is 51.1 Å². The van der Waals surface area contributed by atoms with Gasteiger partial charge in [-0.1, -0.05) is 25.1 Å². The summed E-state index contributed by atoms with van der Waals surface area (Å²) in [6.07, 6.45) is 3.93. The summed E-state index contributed by atoms with van der Waals surface area (Å²) >= 11 is 0. The minimum absolute atomic E-state index is 0.157. The van der Waals surface area contributed by atoms with Crippen molar-refractivity contribution in [1.82, 2.24) is 29.8 Å². The largest absolute Gasteiger partial charge is 0.354 e. The lowest BCUT2D eigenvalue weighted by molar-refractivity contribution is -0.124. The monoisotopic (exact) mass is 436 g/mol. The molecule has 0 bridgehead atoms. The third kappa shape index (κ3) is 4.32. The van der Waals surface area contributed by atoms with Crippen LogP contribution in [0.5, 0.6) is 0 Å². The molecule has 1 saturated heterocycles. The average molecular weight is 437 g/mol. The molecule has 32 heavy (non-hydrogen) atoms. The third-order valence-corrected chi connectivity index (χ3v) is 6.27. The van der Waals surface area contributed by atoms with E-state index in [0.29, 0.717) is 29.6 Å². The number of hydrogen-bond acceptors (Lipinski definition) is 5. The maximum absolute atomic E-state index is 13.4. The molecular formula is C24H32N6O2. The van der Waals surface area contributed by atoms with Crippen LogP contribution in [0.1, 0.15) is 50.0 Å². The van der Waals surface area contributed by atoms with E-state index in [1.54, 1.807) is 4.68 Å². The summed E-state index contributed by atoms with van der Waals surface area (Å²) in [7, 11) is 0. The molecule has 1 unspecified atom stereocenters. The van der Waals surface area contributed by atoms with Crippen LogP contribution in [-0.2, 0) is 4.79 Å². The van der Waals surface area contributed by atoms with E-state index >= 15 is 0 Å². The first kappa shape index (κ1) is 22.2. The number of likely N-dealkylation sites (tertiary alicyclic amines) is 1. The molecule has 170 valence electrons. The van der Waals surface area contributed by atoms with E-state index in [9.17, 15) is 9.59 Å². The quantitative estimate of drug-likeness (QED) is 0.549. The number of carbonyl (C=O) groups excluding carboxylic acids is 1. The summed E-state index contributed by atoms with van der Waals surface area (Å²) in [6, 6.07) is 9.07. The lowest BCUT2D eigenvalue weighted by Crippen LogP contribution is -2.39. The summed E-state index contributed by atoms with van der Waals surface area (Å²) in [4.78, 5) is 28.8. The van der Waals surface area contributed by atoms with Gasteiger partial charge >= 0.3 is 0 Å². The van der Waals surface area contributed by atoms with Gasteiger partial charge in [-0.15, -0.1) is 0 Å². The van der Waals surface area contributed by atoms with Crippen LogP contribution in [0.3, 0.4) is 0 Å². The van der Waals surface area contributed by atoms with Crippen LogP contribution in [0.4, 0.5) is 0 Å². The topological polar surface area (TPSA) is 85.1 Å². The Morgan fingerprint density at radius 3 is 2.53 bits per heavy atom.